The van der Waals surface area contributed by atoms with Gasteiger partial charge in [-0.05, 0) is 43.9 Å². The molecule has 0 aromatic carbocycles. The third kappa shape index (κ3) is 28.0. The molecule has 0 fully saturated rings. The van der Waals surface area contributed by atoms with Crippen molar-refractivity contribution in [2.24, 2.45) is 5.92 Å². The van der Waals surface area contributed by atoms with Crippen LogP contribution in [0.15, 0.2) is 24.4 Å². The first-order valence-electron chi connectivity index (χ1n) is 11.7. The maximum Gasteiger partial charge on any atom is 4.00 e. The molecule has 10 heteroatoms. The van der Waals surface area contributed by atoms with Crippen LogP contribution in [0.2, 0.25) is 0 Å². The molecular formula is C26H38N2O7Tc+. The van der Waals surface area contributed by atoms with Crippen LogP contribution in [0.3, 0.4) is 0 Å². The van der Waals surface area contributed by atoms with Gasteiger partial charge in [-0.2, -0.15) is 0 Å². The van der Waals surface area contributed by atoms with Crippen LogP contribution in [0.4, 0.5) is 0 Å². The first-order chi connectivity index (χ1) is 17.0. The van der Waals surface area contributed by atoms with Crippen molar-refractivity contribution in [3.8, 4) is 0 Å². The molecule has 1 unspecified atom stereocenters. The van der Waals surface area contributed by atoms with Gasteiger partial charge in [0.2, 0.25) is 0 Å². The molecule has 1 rings (SSSR count). The molecule has 1 aromatic heterocycles. The molecule has 0 aliphatic rings. The number of aromatic nitrogens is 1. The van der Waals surface area contributed by atoms with E-state index in [4.69, 9.17) is 19.5 Å². The zero-order valence-corrected chi connectivity index (χ0v) is 22.9. The quantitative estimate of drug-likeness (QED) is 0.194. The molecule has 0 aliphatic heterocycles. The van der Waals surface area contributed by atoms with Gasteiger partial charge < -0.3 is 45.0 Å². The number of carbonyl (C=O) groups is 2. The largest absolute Gasteiger partial charge is 4.00 e. The van der Waals surface area contributed by atoms with E-state index in [-0.39, 0.29) is 33.1 Å². The molecule has 0 amide bonds. The molecule has 0 aliphatic carbocycles. The number of nitrogens with zero attached hydrogens (tertiary/aromatic N) is 2. The third-order valence-corrected chi connectivity index (χ3v) is 5.28. The number of pyridine rings is 1. The SMILES string of the molecule is CCCCCC(CCCCCC(=O)O)CCCN(CC(=O)O)Cc1ccccn1.[C-]=O.[C-]=O.[C-]=O.[Tc+4]. The van der Waals surface area contributed by atoms with E-state index in [0.29, 0.717) is 12.5 Å². The first kappa shape index (κ1) is 40.9. The van der Waals surface area contributed by atoms with E-state index < -0.39 is 11.9 Å². The summed E-state index contributed by atoms with van der Waals surface area (Å²) in [7, 11) is 0. The Bertz CT molecular complexity index is 619. The van der Waals surface area contributed by atoms with Gasteiger partial charge in [0.05, 0.1) is 12.2 Å². The van der Waals surface area contributed by atoms with Gasteiger partial charge in [-0.25, -0.2) is 0 Å². The molecule has 9 nitrogen and oxygen atoms in total. The molecule has 1 atom stereocenters. The number of carboxylic acid groups (broad SMARTS) is 2. The molecule has 4 radical (unpaired) electrons. The van der Waals surface area contributed by atoms with Gasteiger partial charge in [-0.1, -0.05) is 57.9 Å². The molecule has 1 aromatic rings. The van der Waals surface area contributed by atoms with Gasteiger partial charge in [-0.3, -0.25) is 19.5 Å². The van der Waals surface area contributed by atoms with E-state index in [2.05, 4.69) is 32.3 Å². The third-order valence-electron chi connectivity index (χ3n) is 5.28. The molecule has 0 saturated carbocycles. The van der Waals surface area contributed by atoms with Crippen molar-refractivity contribution in [3.05, 3.63) is 30.1 Å². The van der Waals surface area contributed by atoms with Crippen LogP contribution in [-0.2, 0) is 50.6 Å². The topological polar surface area (TPSA) is 142 Å². The van der Waals surface area contributed by atoms with Gasteiger partial charge in [0.15, 0.2) is 0 Å². The molecule has 0 bridgehead atoms. The van der Waals surface area contributed by atoms with E-state index in [1.165, 1.54) is 25.7 Å². The molecule has 2 N–H and O–H groups in total. The Morgan fingerprint density at radius 3 is 1.94 bits per heavy atom. The molecule has 36 heavy (non-hydrogen) atoms. The van der Waals surface area contributed by atoms with Crippen molar-refractivity contribution in [2.45, 2.75) is 84.1 Å². The summed E-state index contributed by atoms with van der Waals surface area (Å²) in [6, 6.07) is 5.72. The van der Waals surface area contributed by atoms with Crippen molar-refractivity contribution in [2.75, 3.05) is 13.1 Å². The minimum absolute atomic E-state index is 0. The van der Waals surface area contributed by atoms with Crippen LogP contribution in [0.25, 0.3) is 0 Å². The molecule has 0 saturated heterocycles. The maximum absolute atomic E-state index is 11.2. The van der Waals surface area contributed by atoms with Crippen molar-refractivity contribution in [3.63, 3.8) is 0 Å². The number of carbonyl (C=O) groups excluding carboxylic acids is 3. The summed E-state index contributed by atoms with van der Waals surface area (Å²) in [6.07, 6.45) is 12.9. The monoisotopic (exact) mass is 587 g/mol. The van der Waals surface area contributed by atoms with Crippen LogP contribution in [0.1, 0.15) is 83.2 Å². The Morgan fingerprint density at radius 1 is 0.861 bits per heavy atom. The minimum Gasteiger partial charge on any atom is -0.573 e. The van der Waals surface area contributed by atoms with Crippen molar-refractivity contribution >= 4 is 32.3 Å². The van der Waals surface area contributed by atoms with Crippen LogP contribution in [0, 0.1) is 5.92 Å². The van der Waals surface area contributed by atoms with Gasteiger partial charge in [0, 0.05) is 19.2 Å². The zero-order chi connectivity index (χ0) is 27.3. The summed E-state index contributed by atoms with van der Waals surface area (Å²) in [6.45, 7) is 17.1. The number of carboxylic acids is 2. The fourth-order valence-corrected chi connectivity index (χ4v) is 3.73. The number of aliphatic carboxylic acids is 2. The Labute approximate surface area is 229 Å². The molecule has 0 spiro atoms. The summed E-state index contributed by atoms with van der Waals surface area (Å²) in [5.41, 5.74) is 0.895. The predicted octanol–water partition coefficient (Wildman–Crippen LogP) is 3.79. The average Bonchev–Trinajstić information content (AvgIpc) is 2.87. The zero-order valence-electron chi connectivity index (χ0n) is 21.0. The fraction of sp³-hybridized carbons (Fsp3) is 0.615. The predicted molar refractivity (Wildman–Crippen MR) is 132 cm³/mol. The summed E-state index contributed by atoms with van der Waals surface area (Å²) in [5, 5.41) is 18.0. The number of rotatable bonds is 18. The average molecular weight is 589 g/mol. The van der Waals surface area contributed by atoms with Crippen LogP contribution in [-0.4, -0.2) is 65.5 Å². The van der Waals surface area contributed by atoms with Gasteiger partial charge in [0.1, 0.15) is 0 Å². The number of hydrogen-bond donors (Lipinski definition) is 2. The Balaban J connectivity index is -0.000000677. The van der Waals surface area contributed by atoms with Crippen molar-refractivity contribution in [1.29, 1.82) is 0 Å². The Morgan fingerprint density at radius 2 is 1.44 bits per heavy atom. The van der Waals surface area contributed by atoms with E-state index in [0.717, 1.165) is 50.8 Å². The van der Waals surface area contributed by atoms with Gasteiger partial charge in [-0.15, -0.1) is 0 Å². The standard InChI is InChI=1S/C23H38N2O4.3CO.Tc/c1-2-3-5-11-20(12-6-4-7-15-22(26)27)13-10-17-25(19-23(28)29)18-21-14-8-9-16-24-21;3*1-2;/h8-9,14,16,20H,2-7,10-13,15,17-19H2,1H3,(H,26,27)(H,28,29);;;;/q;3*-1;+4. The summed E-state index contributed by atoms with van der Waals surface area (Å²) >= 11 is 0. The van der Waals surface area contributed by atoms with E-state index >= 15 is 0 Å². The maximum atomic E-state index is 11.2. The Hall–Kier alpha value is -2.29. The number of hydrogen-bond acceptors (Lipinski definition) is 7. The summed E-state index contributed by atoms with van der Waals surface area (Å²) in [4.78, 5) is 50.6. The van der Waals surface area contributed by atoms with E-state index in [1.807, 2.05) is 23.1 Å². The second-order valence-corrected chi connectivity index (χ2v) is 7.92. The molecule has 200 valence electrons. The molecular weight excluding hydrogens is 550 g/mol. The van der Waals surface area contributed by atoms with Gasteiger partial charge >= 0.3 is 32.0 Å². The minimum atomic E-state index is -0.807. The van der Waals surface area contributed by atoms with Crippen molar-refractivity contribution in [1.82, 2.24) is 9.88 Å². The second kappa shape index (κ2) is 32.7. The van der Waals surface area contributed by atoms with Gasteiger partial charge in [0.25, 0.3) is 0 Å². The second-order valence-electron chi connectivity index (χ2n) is 7.92. The first-order valence-corrected chi connectivity index (χ1v) is 11.7. The molecule has 1 heterocycles. The van der Waals surface area contributed by atoms with Crippen molar-refractivity contribution < 1.29 is 54.3 Å². The number of unbranched alkanes of at least 4 members (excludes halogenated alkanes) is 4. The van der Waals surface area contributed by atoms with E-state index in [9.17, 15) is 14.7 Å². The Kier molecular flexibility index (Phi) is 37.1. The fourth-order valence-electron chi connectivity index (χ4n) is 3.73. The van der Waals surface area contributed by atoms with Crippen LogP contribution >= 0.6 is 0 Å². The smallest absolute Gasteiger partial charge is 0.573 e. The summed E-state index contributed by atoms with van der Waals surface area (Å²) in [5.74, 6) is -0.873. The summed E-state index contributed by atoms with van der Waals surface area (Å²) < 4.78 is 0. The van der Waals surface area contributed by atoms with Crippen LogP contribution < -0.4 is 0 Å². The van der Waals surface area contributed by atoms with Crippen LogP contribution in [0.5, 0.6) is 0 Å². The van der Waals surface area contributed by atoms with E-state index in [1.54, 1.807) is 6.20 Å². The normalized spacial score (nSPS) is 10.2.